The van der Waals surface area contributed by atoms with E-state index in [-0.39, 0.29) is 0 Å². The largest absolute Gasteiger partial charge is 0.315 e. The molecule has 100 valence electrons. The zero-order valence-electron chi connectivity index (χ0n) is 11.9. The molecule has 4 atom stereocenters. The molecule has 2 heteroatoms. The standard InChI is InChI=1S/C15H30N2/c1-4-13-11-10-12(2)17(13)15-9-7-5-6-8-14(15)16-3/h12-16H,4-11H2,1-3H3. The second kappa shape index (κ2) is 6.19. The van der Waals surface area contributed by atoms with E-state index in [1.54, 1.807) is 0 Å². The minimum absolute atomic E-state index is 0.729. The van der Waals surface area contributed by atoms with E-state index in [4.69, 9.17) is 0 Å². The Morgan fingerprint density at radius 1 is 1.06 bits per heavy atom. The highest BCUT2D eigenvalue weighted by Gasteiger charge is 2.38. The van der Waals surface area contributed by atoms with Gasteiger partial charge in [-0.1, -0.05) is 26.2 Å². The molecular formula is C15H30N2. The molecule has 0 spiro atoms. The van der Waals surface area contributed by atoms with Crippen LogP contribution in [0.4, 0.5) is 0 Å². The first-order valence-electron chi connectivity index (χ1n) is 7.72. The van der Waals surface area contributed by atoms with Crippen molar-refractivity contribution in [3.8, 4) is 0 Å². The van der Waals surface area contributed by atoms with Crippen molar-refractivity contribution in [3.63, 3.8) is 0 Å². The molecule has 2 aliphatic rings. The number of likely N-dealkylation sites (N-methyl/N-ethyl adjacent to an activating group) is 1. The van der Waals surface area contributed by atoms with E-state index in [1.807, 2.05) is 0 Å². The maximum Gasteiger partial charge on any atom is 0.0254 e. The molecule has 1 saturated carbocycles. The first kappa shape index (κ1) is 13.4. The van der Waals surface area contributed by atoms with Crippen LogP contribution in [0.1, 0.15) is 65.2 Å². The van der Waals surface area contributed by atoms with Crippen LogP contribution < -0.4 is 5.32 Å². The number of likely N-dealkylation sites (tertiary alicyclic amines) is 1. The van der Waals surface area contributed by atoms with Gasteiger partial charge in [0.2, 0.25) is 0 Å². The average Bonchev–Trinajstić information content (AvgIpc) is 2.58. The molecule has 1 aliphatic carbocycles. The predicted molar refractivity (Wildman–Crippen MR) is 74.3 cm³/mol. The first-order valence-corrected chi connectivity index (χ1v) is 7.72. The van der Waals surface area contributed by atoms with Gasteiger partial charge in [0.1, 0.15) is 0 Å². The van der Waals surface area contributed by atoms with Gasteiger partial charge in [-0.3, -0.25) is 4.90 Å². The molecule has 0 bridgehead atoms. The summed E-state index contributed by atoms with van der Waals surface area (Å²) in [5.74, 6) is 0. The van der Waals surface area contributed by atoms with Crippen LogP contribution in [0.3, 0.4) is 0 Å². The molecule has 1 N–H and O–H groups in total. The topological polar surface area (TPSA) is 15.3 Å². The van der Waals surface area contributed by atoms with E-state index in [2.05, 4.69) is 31.1 Å². The van der Waals surface area contributed by atoms with Gasteiger partial charge in [-0.05, 0) is 46.1 Å². The summed E-state index contributed by atoms with van der Waals surface area (Å²) in [5, 5.41) is 3.59. The van der Waals surface area contributed by atoms with Crippen LogP contribution >= 0.6 is 0 Å². The Balaban J connectivity index is 2.10. The lowest BCUT2D eigenvalue weighted by Crippen LogP contribution is -2.52. The first-order chi connectivity index (χ1) is 8.27. The molecule has 0 amide bonds. The molecule has 4 unspecified atom stereocenters. The Hall–Kier alpha value is -0.0800. The Kier molecular flexibility index (Phi) is 4.87. The van der Waals surface area contributed by atoms with Crippen LogP contribution in [-0.4, -0.2) is 36.1 Å². The van der Waals surface area contributed by atoms with Crippen LogP contribution in [0.2, 0.25) is 0 Å². The normalized spacial score (nSPS) is 40.4. The molecule has 2 rings (SSSR count). The summed E-state index contributed by atoms with van der Waals surface area (Å²) in [6, 6.07) is 3.18. The van der Waals surface area contributed by atoms with Crippen LogP contribution in [0.15, 0.2) is 0 Å². The molecular weight excluding hydrogens is 208 g/mol. The lowest BCUT2D eigenvalue weighted by Gasteiger charge is -2.40. The van der Waals surface area contributed by atoms with Gasteiger partial charge >= 0.3 is 0 Å². The van der Waals surface area contributed by atoms with E-state index < -0.39 is 0 Å². The van der Waals surface area contributed by atoms with E-state index in [0.717, 1.165) is 24.2 Å². The molecule has 0 radical (unpaired) electrons. The fourth-order valence-electron chi connectivity index (χ4n) is 4.09. The number of nitrogens with zero attached hydrogens (tertiary/aromatic N) is 1. The number of hydrogen-bond donors (Lipinski definition) is 1. The van der Waals surface area contributed by atoms with E-state index >= 15 is 0 Å². The zero-order valence-corrected chi connectivity index (χ0v) is 11.9. The summed E-state index contributed by atoms with van der Waals surface area (Å²) >= 11 is 0. The Morgan fingerprint density at radius 3 is 2.53 bits per heavy atom. The van der Waals surface area contributed by atoms with Crippen molar-refractivity contribution in [2.24, 2.45) is 0 Å². The fourth-order valence-corrected chi connectivity index (χ4v) is 4.09. The van der Waals surface area contributed by atoms with Gasteiger partial charge in [0.25, 0.3) is 0 Å². The highest BCUT2D eigenvalue weighted by Crippen LogP contribution is 2.33. The highest BCUT2D eigenvalue weighted by atomic mass is 15.3. The Morgan fingerprint density at radius 2 is 1.82 bits per heavy atom. The summed E-state index contributed by atoms with van der Waals surface area (Å²) in [6.07, 6.45) is 11.2. The third kappa shape index (κ3) is 2.85. The van der Waals surface area contributed by atoms with Gasteiger partial charge in [0.15, 0.2) is 0 Å². The smallest absolute Gasteiger partial charge is 0.0254 e. The molecule has 0 aromatic rings. The van der Waals surface area contributed by atoms with Crippen molar-refractivity contribution in [3.05, 3.63) is 0 Å². The number of rotatable bonds is 3. The predicted octanol–water partition coefficient (Wildman–Crippen LogP) is 3.17. The van der Waals surface area contributed by atoms with Crippen molar-refractivity contribution >= 4 is 0 Å². The summed E-state index contributed by atoms with van der Waals surface area (Å²) in [6.45, 7) is 4.80. The van der Waals surface area contributed by atoms with Crippen LogP contribution in [-0.2, 0) is 0 Å². The number of nitrogens with one attached hydrogen (secondary N) is 1. The third-order valence-electron chi connectivity index (χ3n) is 5.05. The third-order valence-corrected chi connectivity index (χ3v) is 5.05. The summed E-state index contributed by atoms with van der Waals surface area (Å²) in [7, 11) is 2.16. The van der Waals surface area contributed by atoms with Crippen molar-refractivity contribution in [1.82, 2.24) is 10.2 Å². The Bertz CT molecular complexity index is 229. The van der Waals surface area contributed by atoms with Gasteiger partial charge in [0.05, 0.1) is 0 Å². The van der Waals surface area contributed by atoms with Gasteiger partial charge in [-0.2, -0.15) is 0 Å². The molecule has 0 aromatic heterocycles. The SMILES string of the molecule is CCC1CCC(C)N1C1CCCCCC1NC. The average molecular weight is 238 g/mol. The van der Waals surface area contributed by atoms with Crippen molar-refractivity contribution < 1.29 is 0 Å². The molecule has 1 aliphatic heterocycles. The lowest BCUT2D eigenvalue weighted by atomic mass is 9.99. The van der Waals surface area contributed by atoms with E-state index in [1.165, 1.54) is 51.4 Å². The molecule has 2 nitrogen and oxygen atoms in total. The van der Waals surface area contributed by atoms with Crippen LogP contribution in [0.25, 0.3) is 0 Å². The van der Waals surface area contributed by atoms with Crippen molar-refractivity contribution in [2.75, 3.05) is 7.05 Å². The molecule has 1 heterocycles. The minimum Gasteiger partial charge on any atom is -0.315 e. The van der Waals surface area contributed by atoms with Crippen molar-refractivity contribution in [2.45, 2.75) is 89.4 Å². The van der Waals surface area contributed by atoms with Gasteiger partial charge < -0.3 is 5.32 Å². The van der Waals surface area contributed by atoms with Gasteiger partial charge in [-0.25, -0.2) is 0 Å². The fraction of sp³-hybridized carbons (Fsp3) is 1.00. The molecule has 0 aromatic carbocycles. The highest BCUT2D eigenvalue weighted by molar-refractivity contribution is 4.95. The monoisotopic (exact) mass is 238 g/mol. The summed E-state index contributed by atoms with van der Waals surface area (Å²) in [4.78, 5) is 2.87. The summed E-state index contributed by atoms with van der Waals surface area (Å²) < 4.78 is 0. The zero-order chi connectivity index (χ0) is 12.3. The number of hydrogen-bond acceptors (Lipinski definition) is 2. The van der Waals surface area contributed by atoms with E-state index in [0.29, 0.717) is 0 Å². The minimum atomic E-state index is 0.729. The second-order valence-corrected chi connectivity index (χ2v) is 6.04. The van der Waals surface area contributed by atoms with Gasteiger partial charge in [0, 0.05) is 24.2 Å². The van der Waals surface area contributed by atoms with Crippen LogP contribution in [0.5, 0.6) is 0 Å². The second-order valence-electron chi connectivity index (χ2n) is 6.04. The van der Waals surface area contributed by atoms with E-state index in [9.17, 15) is 0 Å². The maximum atomic E-state index is 3.59. The van der Waals surface area contributed by atoms with Crippen LogP contribution in [0, 0.1) is 0 Å². The molecule has 17 heavy (non-hydrogen) atoms. The lowest BCUT2D eigenvalue weighted by molar-refractivity contribution is 0.0992. The van der Waals surface area contributed by atoms with Crippen molar-refractivity contribution in [1.29, 1.82) is 0 Å². The Labute approximate surface area is 107 Å². The molecule has 1 saturated heterocycles. The quantitative estimate of drug-likeness (QED) is 0.760. The maximum absolute atomic E-state index is 3.59. The van der Waals surface area contributed by atoms with Gasteiger partial charge in [-0.15, -0.1) is 0 Å². The molecule has 2 fully saturated rings. The summed E-state index contributed by atoms with van der Waals surface area (Å²) in [5.41, 5.74) is 0.